The molecule has 0 aliphatic carbocycles. The molecule has 0 radical (unpaired) electrons. The highest BCUT2D eigenvalue weighted by Crippen LogP contribution is 1.87. The van der Waals surface area contributed by atoms with E-state index in [1.165, 1.54) is 6.20 Å². The lowest BCUT2D eigenvalue weighted by Crippen LogP contribution is -1.99. The lowest BCUT2D eigenvalue weighted by Gasteiger charge is -1.87. The zero-order valence-corrected chi connectivity index (χ0v) is 5.59. The van der Waals surface area contributed by atoms with Gasteiger partial charge in [0.15, 0.2) is 0 Å². The molecular formula is C6H10N2O. The third-order valence-corrected chi connectivity index (χ3v) is 0.693. The zero-order valence-electron chi connectivity index (χ0n) is 5.59. The molecule has 0 saturated carbocycles. The minimum absolute atomic E-state index is 0.606. The lowest BCUT2D eigenvalue weighted by molar-refractivity contribution is -0.108. The number of nitrogens with zero attached hydrogens (tertiary/aromatic N) is 1. The van der Waals surface area contributed by atoms with E-state index in [1.54, 1.807) is 13.1 Å². The summed E-state index contributed by atoms with van der Waals surface area (Å²) in [5.74, 6) is 0. The molecule has 0 fully saturated rings. The van der Waals surface area contributed by atoms with Gasteiger partial charge in [-0.15, -0.1) is 0 Å². The maximum absolute atomic E-state index is 9.71. The maximum Gasteiger partial charge on any atom is 0.211 e. The minimum atomic E-state index is 0.606. The Morgan fingerprint density at radius 2 is 2.33 bits per heavy atom. The molecule has 3 heteroatoms. The lowest BCUT2D eigenvalue weighted by atomic mass is 10.5. The molecule has 0 spiro atoms. The van der Waals surface area contributed by atoms with Crippen LogP contribution in [-0.2, 0) is 4.79 Å². The number of carbonyl (C=O) groups is 1. The van der Waals surface area contributed by atoms with E-state index in [1.807, 2.05) is 6.92 Å². The predicted molar refractivity (Wildman–Crippen MR) is 37.1 cm³/mol. The number of aliphatic imine (C=N–C) groups is 1. The van der Waals surface area contributed by atoms with Gasteiger partial charge in [0.05, 0.1) is 5.70 Å². The van der Waals surface area contributed by atoms with Crippen LogP contribution in [0.3, 0.4) is 0 Å². The van der Waals surface area contributed by atoms with Gasteiger partial charge < -0.3 is 5.32 Å². The van der Waals surface area contributed by atoms with E-state index in [0.29, 0.717) is 6.41 Å². The first kappa shape index (κ1) is 7.88. The van der Waals surface area contributed by atoms with Crippen molar-refractivity contribution in [2.24, 2.45) is 4.99 Å². The smallest absolute Gasteiger partial charge is 0.211 e. The molecule has 3 nitrogen and oxygen atoms in total. The Morgan fingerprint density at radius 1 is 1.67 bits per heavy atom. The Kier molecular flexibility index (Phi) is 4.40. The summed E-state index contributed by atoms with van der Waals surface area (Å²) in [4.78, 5) is 13.6. The van der Waals surface area contributed by atoms with Crippen molar-refractivity contribution >= 4 is 12.6 Å². The molecule has 50 valence electrons. The van der Waals surface area contributed by atoms with E-state index >= 15 is 0 Å². The summed E-state index contributed by atoms with van der Waals surface area (Å²) in [6.45, 7) is 3.62. The monoisotopic (exact) mass is 126 g/mol. The van der Waals surface area contributed by atoms with Crippen molar-refractivity contribution in [2.45, 2.75) is 13.8 Å². The minimum Gasteiger partial charge on any atom is -0.333 e. The Morgan fingerprint density at radius 3 is 2.78 bits per heavy atom. The number of allylic oxidation sites excluding steroid dienone is 1. The summed E-state index contributed by atoms with van der Waals surface area (Å²) in [6.07, 6.45) is 3.81. The van der Waals surface area contributed by atoms with Crippen LogP contribution in [0.1, 0.15) is 13.8 Å². The molecule has 0 aromatic rings. The molecule has 0 unspecified atom stereocenters. The van der Waals surface area contributed by atoms with Gasteiger partial charge in [-0.3, -0.25) is 9.79 Å². The van der Waals surface area contributed by atoms with Gasteiger partial charge in [-0.1, -0.05) is 0 Å². The summed E-state index contributed by atoms with van der Waals surface area (Å²) in [6, 6.07) is 0. The second kappa shape index (κ2) is 5.03. The van der Waals surface area contributed by atoms with E-state index in [9.17, 15) is 4.79 Å². The second-order valence-corrected chi connectivity index (χ2v) is 1.46. The van der Waals surface area contributed by atoms with E-state index < -0.39 is 0 Å². The van der Waals surface area contributed by atoms with Crippen LogP contribution < -0.4 is 5.32 Å². The third-order valence-electron chi connectivity index (χ3n) is 0.693. The Hall–Kier alpha value is -1.12. The van der Waals surface area contributed by atoms with Gasteiger partial charge in [0.25, 0.3) is 0 Å². The zero-order chi connectivity index (χ0) is 7.11. The van der Waals surface area contributed by atoms with Crippen LogP contribution in [0, 0.1) is 0 Å². The van der Waals surface area contributed by atoms with E-state index in [2.05, 4.69) is 10.3 Å². The molecule has 0 aromatic carbocycles. The normalized spacial score (nSPS) is 12.0. The molecule has 0 aromatic heterocycles. The van der Waals surface area contributed by atoms with Crippen LogP contribution in [0.2, 0.25) is 0 Å². The SMILES string of the molecule is CC=N/C(C)=C\NC=O. The highest BCUT2D eigenvalue weighted by molar-refractivity contribution is 5.55. The van der Waals surface area contributed by atoms with Gasteiger partial charge >= 0.3 is 0 Å². The van der Waals surface area contributed by atoms with Crippen LogP contribution in [0.4, 0.5) is 0 Å². The fraction of sp³-hybridized carbons (Fsp3) is 0.333. The number of hydrogen-bond acceptors (Lipinski definition) is 2. The largest absolute Gasteiger partial charge is 0.333 e. The molecule has 0 saturated heterocycles. The second-order valence-electron chi connectivity index (χ2n) is 1.46. The molecule has 1 N–H and O–H groups in total. The van der Waals surface area contributed by atoms with Crippen LogP contribution in [0.25, 0.3) is 0 Å². The molecule has 0 aliphatic heterocycles. The third kappa shape index (κ3) is 4.74. The Balaban J connectivity index is 3.68. The molecular weight excluding hydrogens is 116 g/mol. The summed E-state index contributed by atoms with van der Waals surface area (Å²) in [5, 5.41) is 2.38. The number of carbonyl (C=O) groups excluding carboxylic acids is 1. The maximum atomic E-state index is 9.71. The molecule has 0 aliphatic rings. The van der Waals surface area contributed by atoms with Crippen LogP contribution in [-0.4, -0.2) is 12.6 Å². The average Bonchev–Trinajstić information content (AvgIpc) is 1.85. The van der Waals surface area contributed by atoms with Gasteiger partial charge in [0.1, 0.15) is 0 Å². The summed E-state index contributed by atoms with van der Waals surface area (Å²) < 4.78 is 0. The Labute approximate surface area is 54.5 Å². The first-order valence-electron chi connectivity index (χ1n) is 2.66. The van der Waals surface area contributed by atoms with E-state index in [4.69, 9.17) is 0 Å². The van der Waals surface area contributed by atoms with Crippen molar-refractivity contribution in [3.8, 4) is 0 Å². The molecule has 9 heavy (non-hydrogen) atoms. The van der Waals surface area contributed by atoms with Gasteiger partial charge in [-0.25, -0.2) is 0 Å². The van der Waals surface area contributed by atoms with Crippen molar-refractivity contribution < 1.29 is 4.79 Å². The average molecular weight is 126 g/mol. The van der Waals surface area contributed by atoms with Crippen molar-refractivity contribution in [1.82, 2.24) is 5.32 Å². The molecule has 0 bridgehead atoms. The number of amides is 1. The molecule has 0 heterocycles. The van der Waals surface area contributed by atoms with Crippen LogP contribution in [0.5, 0.6) is 0 Å². The highest BCUT2D eigenvalue weighted by Gasteiger charge is 1.76. The number of hydrogen-bond donors (Lipinski definition) is 1. The van der Waals surface area contributed by atoms with Crippen molar-refractivity contribution in [1.29, 1.82) is 0 Å². The van der Waals surface area contributed by atoms with Gasteiger partial charge in [-0.05, 0) is 13.8 Å². The summed E-state index contributed by atoms with van der Waals surface area (Å²) in [7, 11) is 0. The number of rotatable bonds is 3. The highest BCUT2D eigenvalue weighted by atomic mass is 16.1. The first-order chi connectivity index (χ1) is 4.31. The standard InChI is InChI=1S/C6H10N2O/c1-3-8-6(2)4-7-5-9/h3-5H,1-2H3,(H,7,9)/b6-4-,8-3?. The van der Waals surface area contributed by atoms with Crippen LogP contribution >= 0.6 is 0 Å². The van der Waals surface area contributed by atoms with Gasteiger partial charge in [0.2, 0.25) is 6.41 Å². The molecule has 1 amide bonds. The fourth-order valence-corrected chi connectivity index (χ4v) is 0.396. The fourth-order valence-electron chi connectivity index (χ4n) is 0.396. The predicted octanol–water partition coefficient (Wildman–Crippen LogP) is 0.684. The van der Waals surface area contributed by atoms with E-state index in [0.717, 1.165) is 5.70 Å². The van der Waals surface area contributed by atoms with Gasteiger partial charge in [0, 0.05) is 12.4 Å². The Bertz CT molecular complexity index is 138. The van der Waals surface area contributed by atoms with Gasteiger partial charge in [-0.2, -0.15) is 0 Å². The summed E-state index contributed by atoms with van der Waals surface area (Å²) in [5.41, 5.74) is 0.782. The quantitative estimate of drug-likeness (QED) is 0.438. The van der Waals surface area contributed by atoms with Crippen LogP contribution in [0.15, 0.2) is 16.9 Å². The first-order valence-corrected chi connectivity index (χ1v) is 2.66. The number of nitrogens with one attached hydrogen (secondary N) is 1. The molecule has 0 atom stereocenters. The summed E-state index contributed by atoms with van der Waals surface area (Å²) >= 11 is 0. The molecule has 0 rings (SSSR count). The van der Waals surface area contributed by atoms with E-state index in [-0.39, 0.29) is 0 Å². The van der Waals surface area contributed by atoms with Crippen molar-refractivity contribution in [3.63, 3.8) is 0 Å². The topological polar surface area (TPSA) is 41.5 Å². The van der Waals surface area contributed by atoms with Crippen molar-refractivity contribution in [2.75, 3.05) is 0 Å². The van der Waals surface area contributed by atoms with Crippen molar-refractivity contribution in [3.05, 3.63) is 11.9 Å².